The topological polar surface area (TPSA) is 91.3 Å². The Morgan fingerprint density at radius 2 is 2.10 bits per heavy atom. The molecule has 0 saturated heterocycles. The Bertz CT molecular complexity index is 641. The first kappa shape index (κ1) is 14.0. The molecule has 0 bridgehead atoms. The molecule has 0 spiro atoms. The van der Waals surface area contributed by atoms with Crippen LogP contribution in [-0.2, 0) is 0 Å². The van der Waals surface area contributed by atoms with Gasteiger partial charge in [-0.25, -0.2) is 4.98 Å². The second-order valence-electron chi connectivity index (χ2n) is 4.53. The Hall–Kier alpha value is -2.47. The molecule has 0 amide bonds. The van der Waals surface area contributed by atoms with E-state index >= 15 is 0 Å². The predicted molar refractivity (Wildman–Crippen MR) is 74.7 cm³/mol. The first-order valence-corrected chi connectivity index (χ1v) is 6.12. The average Bonchev–Trinajstić information content (AvgIpc) is 2.41. The van der Waals surface area contributed by atoms with Gasteiger partial charge >= 0.3 is 0 Å². The molecule has 1 aromatic heterocycles. The summed E-state index contributed by atoms with van der Waals surface area (Å²) in [7, 11) is 0. The van der Waals surface area contributed by atoms with E-state index in [0.29, 0.717) is 11.6 Å². The molecule has 0 aliphatic carbocycles. The quantitative estimate of drug-likeness (QED) is 0.682. The van der Waals surface area contributed by atoms with Crippen LogP contribution >= 0.6 is 0 Å². The van der Waals surface area contributed by atoms with Gasteiger partial charge in [-0.1, -0.05) is 0 Å². The number of rotatable bonds is 4. The number of aromatic nitrogens is 1. The molecule has 1 aromatic carbocycles. The third-order valence-corrected chi connectivity index (χ3v) is 2.88. The molecule has 20 heavy (non-hydrogen) atoms. The zero-order chi connectivity index (χ0) is 14.7. The van der Waals surface area contributed by atoms with Gasteiger partial charge in [0.25, 0.3) is 5.69 Å². The number of nitrogens with zero attached hydrogens (tertiary/aromatic N) is 2. The second kappa shape index (κ2) is 5.66. The van der Waals surface area contributed by atoms with Crippen LogP contribution in [-0.4, -0.2) is 9.91 Å². The highest BCUT2D eigenvalue weighted by molar-refractivity contribution is 5.45. The summed E-state index contributed by atoms with van der Waals surface area (Å²) in [6, 6.07) is 7.86. The van der Waals surface area contributed by atoms with Crippen LogP contribution in [0.4, 0.5) is 5.69 Å². The van der Waals surface area contributed by atoms with E-state index in [4.69, 9.17) is 10.5 Å². The summed E-state index contributed by atoms with van der Waals surface area (Å²) in [4.78, 5) is 14.4. The normalized spacial score (nSPS) is 11.9. The number of nitro benzene ring substituents is 1. The number of aryl methyl sites for hydroxylation is 1. The van der Waals surface area contributed by atoms with Gasteiger partial charge in [0.2, 0.25) is 5.88 Å². The number of nitro groups is 1. The average molecular weight is 273 g/mol. The lowest BCUT2D eigenvalue weighted by Gasteiger charge is -2.10. The Labute approximate surface area is 116 Å². The minimum Gasteiger partial charge on any atom is -0.438 e. The molecular weight excluding hydrogens is 258 g/mol. The van der Waals surface area contributed by atoms with Crippen LogP contribution in [0.15, 0.2) is 36.5 Å². The van der Waals surface area contributed by atoms with Crippen molar-refractivity contribution in [2.24, 2.45) is 5.73 Å². The van der Waals surface area contributed by atoms with Gasteiger partial charge in [0.1, 0.15) is 5.75 Å². The van der Waals surface area contributed by atoms with Crippen LogP contribution in [0.1, 0.15) is 24.1 Å². The minimum atomic E-state index is -0.460. The van der Waals surface area contributed by atoms with Gasteiger partial charge in [0.05, 0.1) is 11.0 Å². The molecule has 2 N–H and O–H groups in total. The number of pyridine rings is 1. The molecule has 6 nitrogen and oxygen atoms in total. The maximum absolute atomic E-state index is 10.8. The van der Waals surface area contributed by atoms with E-state index in [-0.39, 0.29) is 11.7 Å². The number of non-ortho nitro benzene ring substituents is 1. The zero-order valence-corrected chi connectivity index (χ0v) is 11.2. The third-order valence-electron chi connectivity index (χ3n) is 2.88. The third kappa shape index (κ3) is 3.10. The summed E-state index contributed by atoms with van der Waals surface area (Å²) < 4.78 is 5.62. The first-order valence-electron chi connectivity index (χ1n) is 6.12. The van der Waals surface area contributed by atoms with E-state index in [1.165, 1.54) is 12.1 Å². The molecule has 6 heteroatoms. The fourth-order valence-corrected chi connectivity index (χ4v) is 1.69. The molecule has 0 aliphatic rings. The molecule has 1 atom stereocenters. The smallest absolute Gasteiger partial charge is 0.273 e. The number of ether oxygens (including phenoxy) is 1. The minimum absolute atomic E-state index is 0.0195. The van der Waals surface area contributed by atoms with Crippen LogP contribution in [0.25, 0.3) is 0 Å². The molecule has 104 valence electrons. The number of benzene rings is 1. The van der Waals surface area contributed by atoms with Crippen molar-refractivity contribution in [3.63, 3.8) is 0 Å². The lowest BCUT2D eigenvalue weighted by atomic mass is 10.1. The Morgan fingerprint density at radius 3 is 2.75 bits per heavy atom. The predicted octanol–water partition coefficient (Wildman–Crippen LogP) is 3.11. The Kier molecular flexibility index (Phi) is 3.95. The van der Waals surface area contributed by atoms with Crippen LogP contribution < -0.4 is 10.5 Å². The number of hydrogen-bond donors (Lipinski definition) is 1. The monoisotopic (exact) mass is 273 g/mol. The van der Waals surface area contributed by atoms with Crippen molar-refractivity contribution in [2.75, 3.05) is 0 Å². The van der Waals surface area contributed by atoms with Crippen molar-refractivity contribution in [3.8, 4) is 11.6 Å². The van der Waals surface area contributed by atoms with Crippen LogP contribution in [0.5, 0.6) is 11.6 Å². The molecule has 0 radical (unpaired) electrons. The Morgan fingerprint density at radius 1 is 1.35 bits per heavy atom. The molecule has 2 rings (SSSR count). The molecule has 0 aliphatic heterocycles. The van der Waals surface area contributed by atoms with Crippen LogP contribution in [0.3, 0.4) is 0 Å². The van der Waals surface area contributed by atoms with Gasteiger partial charge in [0, 0.05) is 24.4 Å². The van der Waals surface area contributed by atoms with E-state index in [1.54, 1.807) is 24.4 Å². The standard InChI is InChI=1S/C14H15N3O3/c1-9-3-4-12(17(18)19)8-13(9)20-14-7-11(10(2)15)5-6-16-14/h3-8,10H,15H2,1-2H3/t10-/m1/s1. The summed E-state index contributed by atoms with van der Waals surface area (Å²) in [5.41, 5.74) is 7.46. The van der Waals surface area contributed by atoms with Crippen LogP contribution in [0, 0.1) is 17.0 Å². The van der Waals surface area contributed by atoms with Crippen LogP contribution in [0.2, 0.25) is 0 Å². The lowest BCUT2D eigenvalue weighted by molar-refractivity contribution is -0.384. The fraction of sp³-hybridized carbons (Fsp3) is 0.214. The molecule has 1 heterocycles. The largest absolute Gasteiger partial charge is 0.438 e. The number of nitrogens with two attached hydrogens (primary N) is 1. The van der Waals surface area contributed by atoms with E-state index in [9.17, 15) is 10.1 Å². The maximum Gasteiger partial charge on any atom is 0.273 e. The zero-order valence-electron chi connectivity index (χ0n) is 11.2. The van der Waals surface area contributed by atoms with Gasteiger partial charge in [0.15, 0.2) is 0 Å². The summed E-state index contributed by atoms with van der Waals surface area (Å²) in [5.74, 6) is 0.775. The van der Waals surface area contributed by atoms with E-state index < -0.39 is 4.92 Å². The maximum atomic E-state index is 10.8. The molecular formula is C14H15N3O3. The molecule has 2 aromatic rings. The highest BCUT2D eigenvalue weighted by Gasteiger charge is 2.11. The van der Waals surface area contributed by atoms with E-state index in [1.807, 2.05) is 13.8 Å². The van der Waals surface area contributed by atoms with Crippen molar-refractivity contribution in [1.29, 1.82) is 0 Å². The second-order valence-corrected chi connectivity index (χ2v) is 4.53. The molecule has 0 unspecified atom stereocenters. The highest BCUT2D eigenvalue weighted by Crippen LogP contribution is 2.28. The summed E-state index contributed by atoms with van der Waals surface area (Å²) >= 11 is 0. The van der Waals surface area contributed by atoms with E-state index in [0.717, 1.165) is 11.1 Å². The Balaban J connectivity index is 2.32. The summed E-state index contributed by atoms with van der Waals surface area (Å²) in [6.45, 7) is 3.67. The van der Waals surface area contributed by atoms with Gasteiger partial charge in [-0.2, -0.15) is 0 Å². The van der Waals surface area contributed by atoms with E-state index in [2.05, 4.69) is 4.98 Å². The summed E-state index contributed by atoms with van der Waals surface area (Å²) in [6.07, 6.45) is 1.60. The fourth-order valence-electron chi connectivity index (χ4n) is 1.69. The summed E-state index contributed by atoms with van der Waals surface area (Å²) in [5, 5.41) is 10.8. The van der Waals surface area contributed by atoms with Gasteiger partial charge < -0.3 is 10.5 Å². The first-order chi connectivity index (χ1) is 9.47. The van der Waals surface area contributed by atoms with Gasteiger partial charge in [-0.3, -0.25) is 10.1 Å². The van der Waals surface area contributed by atoms with Crippen molar-refractivity contribution < 1.29 is 9.66 Å². The van der Waals surface area contributed by atoms with Crippen molar-refractivity contribution in [2.45, 2.75) is 19.9 Å². The number of hydrogen-bond acceptors (Lipinski definition) is 5. The highest BCUT2D eigenvalue weighted by atomic mass is 16.6. The van der Waals surface area contributed by atoms with Crippen molar-refractivity contribution in [1.82, 2.24) is 4.98 Å². The van der Waals surface area contributed by atoms with Crippen molar-refractivity contribution in [3.05, 3.63) is 57.8 Å². The van der Waals surface area contributed by atoms with Gasteiger partial charge in [-0.15, -0.1) is 0 Å². The molecule has 0 fully saturated rings. The van der Waals surface area contributed by atoms with Gasteiger partial charge in [-0.05, 0) is 37.1 Å². The van der Waals surface area contributed by atoms with Crippen molar-refractivity contribution >= 4 is 5.69 Å². The lowest BCUT2D eigenvalue weighted by Crippen LogP contribution is -2.05. The molecule has 0 saturated carbocycles. The SMILES string of the molecule is Cc1ccc([N+](=O)[O-])cc1Oc1cc([C@@H](C)N)ccn1.